The summed E-state index contributed by atoms with van der Waals surface area (Å²) in [5.74, 6) is 0.382. The summed E-state index contributed by atoms with van der Waals surface area (Å²) in [7, 11) is -2.22. The SMILES string of the molecule is COc1ccc(CNC(=O)c2cccc(S(=O)(=O)Nc3ccccc3C)c2)cc1. The number of benzene rings is 3. The molecule has 0 aliphatic carbocycles. The van der Waals surface area contributed by atoms with Gasteiger partial charge >= 0.3 is 0 Å². The van der Waals surface area contributed by atoms with Gasteiger partial charge in [0.05, 0.1) is 17.7 Å². The lowest BCUT2D eigenvalue weighted by Gasteiger charge is -2.11. The molecule has 2 N–H and O–H groups in total. The Kier molecular flexibility index (Phi) is 6.19. The number of amides is 1. The lowest BCUT2D eigenvalue weighted by Crippen LogP contribution is -2.23. The molecule has 3 aromatic carbocycles. The number of carbonyl (C=O) groups is 1. The number of carbonyl (C=O) groups excluding carboxylic acids is 1. The Hall–Kier alpha value is -3.32. The van der Waals surface area contributed by atoms with Gasteiger partial charge in [-0.05, 0) is 54.4 Å². The molecular weight excluding hydrogens is 388 g/mol. The fourth-order valence-electron chi connectivity index (χ4n) is 2.72. The Bertz CT molecular complexity index is 1110. The van der Waals surface area contributed by atoms with Crippen molar-refractivity contribution >= 4 is 21.6 Å². The van der Waals surface area contributed by atoms with Gasteiger partial charge in [0.25, 0.3) is 15.9 Å². The maximum Gasteiger partial charge on any atom is 0.261 e. The molecule has 0 bridgehead atoms. The van der Waals surface area contributed by atoms with E-state index in [1.54, 1.807) is 31.4 Å². The molecule has 0 atom stereocenters. The van der Waals surface area contributed by atoms with Crippen LogP contribution in [-0.2, 0) is 16.6 Å². The van der Waals surface area contributed by atoms with Crippen LogP contribution in [0, 0.1) is 6.92 Å². The Morgan fingerprint density at radius 3 is 2.38 bits per heavy atom. The predicted molar refractivity (Wildman–Crippen MR) is 113 cm³/mol. The van der Waals surface area contributed by atoms with Gasteiger partial charge in [0, 0.05) is 12.1 Å². The summed E-state index contributed by atoms with van der Waals surface area (Å²) >= 11 is 0. The van der Waals surface area contributed by atoms with E-state index < -0.39 is 10.0 Å². The highest BCUT2D eigenvalue weighted by Gasteiger charge is 2.17. The largest absolute Gasteiger partial charge is 0.497 e. The van der Waals surface area contributed by atoms with Gasteiger partial charge in [0.15, 0.2) is 0 Å². The van der Waals surface area contributed by atoms with Crippen LogP contribution in [-0.4, -0.2) is 21.4 Å². The van der Waals surface area contributed by atoms with Crippen LogP contribution in [0.4, 0.5) is 5.69 Å². The van der Waals surface area contributed by atoms with Crippen LogP contribution in [0.2, 0.25) is 0 Å². The molecule has 6 nitrogen and oxygen atoms in total. The molecule has 7 heteroatoms. The zero-order chi connectivity index (χ0) is 20.9. The molecule has 0 heterocycles. The zero-order valence-corrected chi connectivity index (χ0v) is 17.0. The first kappa shape index (κ1) is 20.4. The van der Waals surface area contributed by atoms with Crippen LogP contribution in [0.15, 0.2) is 77.7 Å². The number of hydrogen-bond acceptors (Lipinski definition) is 4. The van der Waals surface area contributed by atoms with Crippen LogP contribution in [0.1, 0.15) is 21.5 Å². The third-order valence-corrected chi connectivity index (χ3v) is 5.77. The highest BCUT2D eigenvalue weighted by molar-refractivity contribution is 7.92. The number of ether oxygens (including phenoxy) is 1. The van der Waals surface area contributed by atoms with Gasteiger partial charge in [0.1, 0.15) is 5.75 Å². The maximum absolute atomic E-state index is 12.7. The Morgan fingerprint density at radius 1 is 0.966 bits per heavy atom. The molecule has 0 aliphatic rings. The van der Waals surface area contributed by atoms with Crippen molar-refractivity contribution in [3.05, 3.63) is 89.5 Å². The summed E-state index contributed by atoms with van der Waals surface area (Å²) in [6.07, 6.45) is 0. The van der Waals surface area contributed by atoms with Gasteiger partial charge in [-0.2, -0.15) is 0 Å². The molecule has 0 aliphatic heterocycles. The summed E-state index contributed by atoms with van der Waals surface area (Å²) in [6, 6.07) is 20.4. The van der Waals surface area contributed by atoms with Crippen molar-refractivity contribution < 1.29 is 17.9 Å². The highest BCUT2D eigenvalue weighted by atomic mass is 32.2. The summed E-state index contributed by atoms with van der Waals surface area (Å²) in [5.41, 5.74) is 2.49. The monoisotopic (exact) mass is 410 g/mol. The molecule has 0 spiro atoms. The quantitative estimate of drug-likeness (QED) is 0.622. The van der Waals surface area contributed by atoms with E-state index in [0.29, 0.717) is 12.2 Å². The molecule has 0 radical (unpaired) electrons. The first-order valence-electron chi connectivity index (χ1n) is 8.99. The minimum atomic E-state index is -3.81. The molecular formula is C22H22N2O4S. The molecule has 0 saturated heterocycles. The number of hydrogen-bond donors (Lipinski definition) is 2. The molecule has 0 aromatic heterocycles. The number of para-hydroxylation sites is 1. The molecule has 150 valence electrons. The summed E-state index contributed by atoms with van der Waals surface area (Å²) in [6.45, 7) is 2.14. The van der Waals surface area contributed by atoms with Crippen molar-refractivity contribution in [2.24, 2.45) is 0 Å². The minimum Gasteiger partial charge on any atom is -0.497 e. The van der Waals surface area contributed by atoms with E-state index in [1.807, 2.05) is 43.3 Å². The normalized spacial score (nSPS) is 11.0. The van der Waals surface area contributed by atoms with E-state index in [4.69, 9.17) is 4.74 Å². The van der Waals surface area contributed by atoms with Gasteiger partial charge in [0.2, 0.25) is 0 Å². The molecule has 29 heavy (non-hydrogen) atoms. The molecule has 3 aromatic rings. The van der Waals surface area contributed by atoms with E-state index in [1.165, 1.54) is 12.1 Å². The summed E-state index contributed by atoms with van der Waals surface area (Å²) in [5, 5.41) is 2.80. The molecule has 0 fully saturated rings. The topological polar surface area (TPSA) is 84.5 Å². The number of rotatable bonds is 7. The van der Waals surface area contributed by atoms with Gasteiger partial charge in [-0.1, -0.05) is 36.4 Å². The van der Waals surface area contributed by atoms with Crippen molar-refractivity contribution in [3.63, 3.8) is 0 Å². The first-order chi connectivity index (χ1) is 13.9. The average molecular weight is 410 g/mol. The molecule has 0 unspecified atom stereocenters. The van der Waals surface area contributed by atoms with Crippen LogP contribution in [0.25, 0.3) is 0 Å². The van der Waals surface area contributed by atoms with E-state index >= 15 is 0 Å². The molecule has 3 rings (SSSR count). The lowest BCUT2D eigenvalue weighted by atomic mass is 10.2. The fraction of sp³-hybridized carbons (Fsp3) is 0.136. The number of anilines is 1. The van der Waals surface area contributed by atoms with E-state index in [9.17, 15) is 13.2 Å². The maximum atomic E-state index is 12.7. The Labute approximate surface area is 170 Å². The van der Waals surface area contributed by atoms with Crippen molar-refractivity contribution in [1.29, 1.82) is 0 Å². The Balaban J connectivity index is 1.72. The van der Waals surface area contributed by atoms with Crippen LogP contribution in [0.3, 0.4) is 0 Å². The van der Waals surface area contributed by atoms with Gasteiger partial charge < -0.3 is 10.1 Å². The van der Waals surface area contributed by atoms with Crippen LogP contribution >= 0.6 is 0 Å². The van der Waals surface area contributed by atoms with Crippen molar-refractivity contribution in [3.8, 4) is 5.75 Å². The van der Waals surface area contributed by atoms with Crippen molar-refractivity contribution in [2.75, 3.05) is 11.8 Å². The van der Waals surface area contributed by atoms with Gasteiger partial charge in [-0.3, -0.25) is 9.52 Å². The van der Waals surface area contributed by atoms with Gasteiger partial charge in [-0.15, -0.1) is 0 Å². The number of nitrogens with one attached hydrogen (secondary N) is 2. The number of aryl methyl sites for hydroxylation is 1. The lowest BCUT2D eigenvalue weighted by molar-refractivity contribution is 0.0950. The third-order valence-electron chi connectivity index (χ3n) is 4.41. The van der Waals surface area contributed by atoms with Crippen molar-refractivity contribution in [2.45, 2.75) is 18.4 Å². The van der Waals surface area contributed by atoms with E-state index in [2.05, 4.69) is 10.0 Å². The minimum absolute atomic E-state index is 0.0258. The van der Waals surface area contributed by atoms with Crippen LogP contribution in [0.5, 0.6) is 5.75 Å². The smallest absolute Gasteiger partial charge is 0.261 e. The fourth-order valence-corrected chi connectivity index (χ4v) is 3.90. The summed E-state index contributed by atoms with van der Waals surface area (Å²) in [4.78, 5) is 12.5. The number of methoxy groups -OCH3 is 1. The number of sulfonamides is 1. The second-order valence-corrected chi connectivity index (χ2v) is 8.16. The second-order valence-electron chi connectivity index (χ2n) is 6.48. The molecule has 0 saturated carbocycles. The summed E-state index contributed by atoms with van der Waals surface area (Å²) < 4.78 is 33.1. The molecule has 1 amide bonds. The van der Waals surface area contributed by atoms with Crippen LogP contribution < -0.4 is 14.8 Å². The van der Waals surface area contributed by atoms with E-state index in [-0.39, 0.29) is 16.4 Å². The second kappa shape index (κ2) is 8.79. The average Bonchev–Trinajstić information content (AvgIpc) is 2.74. The highest BCUT2D eigenvalue weighted by Crippen LogP contribution is 2.20. The Morgan fingerprint density at radius 2 is 1.69 bits per heavy atom. The third kappa shape index (κ3) is 5.14. The van der Waals surface area contributed by atoms with Crippen molar-refractivity contribution in [1.82, 2.24) is 5.32 Å². The zero-order valence-electron chi connectivity index (χ0n) is 16.2. The predicted octanol–water partition coefficient (Wildman–Crippen LogP) is 3.73. The standard InChI is InChI=1S/C22H22N2O4S/c1-16-6-3-4-9-21(16)24-29(26,27)20-8-5-7-18(14-20)22(25)23-15-17-10-12-19(28-2)13-11-17/h3-14,24H,15H2,1-2H3,(H,23,25). The first-order valence-corrected chi connectivity index (χ1v) is 10.5. The van der Waals surface area contributed by atoms with E-state index in [0.717, 1.165) is 16.9 Å². The van der Waals surface area contributed by atoms with Gasteiger partial charge in [-0.25, -0.2) is 8.42 Å².